The number of carbonyl (C=O) groups excluding carboxylic acids is 1. The highest BCUT2D eigenvalue weighted by molar-refractivity contribution is 6.03. The van der Waals surface area contributed by atoms with E-state index in [4.69, 9.17) is 4.74 Å². The number of benzene rings is 2. The predicted molar refractivity (Wildman–Crippen MR) is 111 cm³/mol. The van der Waals surface area contributed by atoms with Crippen molar-refractivity contribution < 1.29 is 9.53 Å². The van der Waals surface area contributed by atoms with Crippen LogP contribution in [-0.2, 0) is 0 Å². The maximum absolute atomic E-state index is 12.4. The van der Waals surface area contributed by atoms with Crippen molar-refractivity contribution >= 4 is 11.6 Å². The van der Waals surface area contributed by atoms with E-state index in [9.17, 15) is 4.79 Å². The largest absolute Gasteiger partial charge is 0.439 e. The molecule has 0 unspecified atom stereocenters. The summed E-state index contributed by atoms with van der Waals surface area (Å²) in [4.78, 5) is 25.2. The summed E-state index contributed by atoms with van der Waals surface area (Å²) in [6, 6.07) is 20.7. The molecule has 142 valence electrons. The van der Waals surface area contributed by atoms with Crippen molar-refractivity contribution in [2.75, 3.05) is 5.32 Å². The van der Waals surface area contributed by atoms with E-state index in [0.717, 1.165) is 11.1 Å². The average Bonchev–Trinajstić information content (AvgIpc) is 2.77. The van der Waals surface area contributed by atoms with Crippen LogP contribution in [-0.4, -0.2) is 20.9 Å². The highest BCUT2D eigenvalue weighted by Gasteiger charge is 2.09. The molecule has 6 heteroatoms. The highest BCUT2D eigenvalue weighted by Crippen LogP contribution is 2.21. The van der Waals surface area contributed by atoms with Gasteiger partial charge in [-0.15, -0.1) is 0 Å². The molecule has 1 amide bonds. The van der Waals surface area contributed by atoms with E-state index in [2.05, 4.69) is 20.3 Å². The van der Waals surface area contributed by atoms with Gasteiger partial charge in [0.2, 0.25) is 5.88 Å². The number of nitrogens with one attached hydrogen (secondary N) is 1. The second-order valence-electron chi connectivity index (χ2n) is 6.42. The molecule has 0 aliphatic rings. The van der Waals surface area contributed by atoms with Gasteiger partial charge in [0.05, 0.1) is 17.4 Å². The molecule has 29 heavy (non-hydrogen) atoms. The summed E-state index contributed by atoms with van der Waals surface area (Å²) < 4.78 is 5.69. The van der Waals surface area contributed by atoms with Crippen LogP contribution < -0.4 is 10.1 Å². The van der Waals surface area contributed by atoms with Gasteiger partial charge in [-0.25, -0.2) is 15.0 Å². The van der Waals surface area contributed by atoms with E-state index in [0.29, 0.717) is 28.7 Å². The fraction of sp³-hybridized carbons (Fsp3) is 0.0435. The summed E-state index contributed by atoms with van der Waals surface area (Å²) >= 11 is 0. The van der Waals surface area contributed by atoms with Crippen molar-refractivity contribution in [3.63, 3.8) is 0 Å². The Morgan fingerprint density at radius 2 is 1.55 bits per heavy atom. The SMILES string of the molecule is Cc1ccc(Oc2ccc(NC(=O)c3cnc(-c4ccccc4)nc3)cn2)cc1. The highest BCUT2D eigenvalue weighted by atomic mass is 16.5. The third kappa shape index (κ3) is 4.62. The van der Waals surface area contributed by atoms with Crippen LogP contribution >= 0.6 is 0 Å². The minimum Gasteiger partial charge on any atom is -0.439 e. The molecule has 0 aliphatic heterocycles. The Morgan fingerprint density at radius 3 is 2.21 bits per heavy atom. The molecular formula is C23H18N4O2. The van der Waals surface area contributed by atoms with Crippen LogP contribution in [0.3, 0.4) is 0 Å². The molecule has 0 aliphatic carbocycles. The maximum atomic E-state index is 12.4. The zero-order chi connectivity index (χ0) is 20.1. The number of ether oxygens (including phenoxy) is 1. The van der Waals surface area contributed by atoms with E-state index in [1.165, 1.54) is 12.4 Å². The first-order valence-corrected chi connectivity index (χ1v) is 9.07. The first-order valence-electron chi connectivity index (χ1n) is 9.07. The molecule has 0 saturated carbocycles. The molecule has 0 saturated heterocycles. The fourth-order valence-corrected chi connectivity index (χ4v) is 2.63. The van der Waals surface area contributed by atoms with Gasteiger partial charge in [0.1, 0.15) is 5.75 Å². The van der Waals surface area contributed by atoms with Gasteiger partial charge in [0, 0.05) is 24.0 Å². The smallest absolute Gasteiger partial charge is 0.258 e. The summed E-state index contributed by atoms with van der Waals surface area (Å²) in [6.07, 6.45) is 4.56. The fourth-order valence-electron chi connectivity index (χ4n) is 2.63. The number of nitrogens with zero attached hydrogens (tertiary/aromatic N) is 3. The van der Waals surface area contributed by atoms with Gasteiger partial charge >= 0.3 is 0 Å². The van der Waals surface area contributed by atoms with E-state index < -0.39 is 0 Å². The van der Waals surface area contributed by atoms with Crippen molar-refractivity contribution in [1.82, 2.24) is 15.0 Å². The Balaban J connectivity index is 1.39. The number of amides is 1. The van der Waals surface area contributed by atoms with E-state index in [1.807, 2.05) is 61.5 Å². The molecule has 2 heterocycles. The number of rotatable bonds is 5. The van der Waals surface area contributed by atoms with Gasteiger partial charge in [-0.05, 0) is 25.1 Å². The summed E-state index contributed by atoms with van der Waals surface area (Å²) in [6.45, 7) is 2.01. The molecule has 4 aromatic rings. The Morgan fingerprint density at radius 1 is 0.828 bits per heavy atom. The number of aromatic nitrogens is 3. The molecule has 0 spiro atoms. The van der Waals surface area contributed by atoms with Gasteiger partial charge in [0.15, 0.2) is 5.82 Å². The molecular weight excluding hydrogens is 364 g/mol. The third-order valence-electron chi connectivity index (χ3n) is 4.18. The lowest BCUT2D eigenvalue weighted by molar-refractivity contribution is 0.102. The summed E-state index contributed by atoms with van der Waals surface area (Å²) in [5, 5.41) is 2.78. The molecule has 1 N–H and O–H groups in total. The molecule has 2 aromatic heterocycles. The van der Waals surface area contributed by atoms with Crippen LogP contribution in [0.25, 0.3) is 11.4 Å². The maximum Gasteiger partial charge on any atom is 0.258 e. The van der Waals surface area contributed by atoms with Crippen molar-refractivity contribution in [3.05, 3.63) is 96.4 Å². The van der Waals surface area contributed by atoms with Crippen molar-refractivity contribution in [1.29, 1.82) is 0 Å². The lowest BCUT2D eigenvalue weighted by atomic mass is 10.2. The predicted octanol–water partition coefficient (Wildman–Crippen LogP) is 4.89. The summed E-state index contributed by atoms with van der Waals surface area (Å²) in [5.41, 5.74) is 2.97. The van der Waals surface area contributed by atoms with Gasteiger partial charge in [-0.2, -0.15) is 0 Å². The van der Waals surface area contributed by atoms with Crippen molar-refractivity contribution in [3.8, 4) is 23.0 Å². The van der Waals surface area contributed by atoms with Gasteiger partial charge in [-0.1, -0.05) is 48.0 Å². The van der Waals surface area contributed by atoms with E-state index in [-0.39, 0.29) is 5.91 Å². The zero-order valence-electron chi connectivity index (χ0n) is 15.7. The molecule has 0 radical (unpaired) electrons. The van der Waals surface area contributed by atoms with Crippen LogP contribution in [0.15, 0.2) is 85.3 Å². The summed E-state index contributed by atoms with van der Waals surface area (Å²) in [5.74, 6) is 1.41. The number of hydrogen-bond acceptors (Lipinski definition) is 5. The Labute approximate surface area is 168 Å². The second kappa shape index (κ2) is 8.31. The number of hydrogen-bond donors (Lipinski definition) is 1. The lowest BCUT2D eigenvalue weighted by Crippen LogP contribution is -2.13. The van der Waals surface area contributed by atoms with Crippen LogP contribution in [0.2, 0.25) is 0 Å². The molecule has 0 atom stereocenters. The number of pyridine rings is 1. The normalized spacial score (nSPS) is 10.4. The van der Waals surface area contributed by atoms with Crippen molar-refractivity contribution in [2.24, 2.45) is 0 Å². The van der Waals surface area contributed by atoms with Crippen LogP contribution in [0.5, 0.6) is 11.6 Å². The Kier molecular flexibility index (Phi) is 5.25. The van der Waals surface area contributed by atoms with Gasteiger partial charge < -0.3 is 10.1 Å². The first kappa shape index (κ1) is 18.3. The Bertz CT molecular complexity index is 1090. The number of anilines is 1. The monoisotopic (exact) mass is 382 g/mol. The minimum absolute atomic E-state index is 0.307. The third-order valence-corrected chi connectivity index (χ3v) is 4.18. The first-order chi connectivity index (χ1) is 14.2. The average molecular weight is 382 g/mol. The van der Waals surface area contributed by atoms with Crippen LogP contribution in [0.4, 0.5) is 5.69 Å². The zero-order valence-corrected chi connectivity index (χ0v) is 15.7. The van der Waals surface area contributed by atoms with Gasteiger partial charge in [0.25, 0.3) is 5.91 Å². The summed E-state index contributed by atoms with van der Waals surface area (Å²) in [7, 11) is 0. The molecule has 2 aromatic carbocycles. The van der Waals surface area contributed by atoms with Crippen LogP contribution in [0, 0.1) is 6.92 Å². The van der Waals surface area contributed by atoms with Crippen LogP contribution in [0.1, 0.15) is 15.9 Å². The molecule has 0 bridgehead atoms. The minimum atomic E-state index is -0.307. The van der Waals surface area contributed by atoms with E-state index in [1.54, 1.807) is 18.3 Å². The lowest BCUT2D eigenvalue weighted by Gasteiger charge is -2.08. The molecule has 4 rings (SSSR count). The second-order valence-corrected chi connectivity index (χ2v) is 6.42. The topological polar surface area (TPSA) is 77.0 Å². The standard InChI is InChI=1S/C23H18N4O2/c1-16-7-10-20(11-8-16)29-21-12-9-19(15-24-21)27-23(28)18-13-25-22(26-14-18)17-5-3-2-4-6-17/h2-15H,1H3,(H,27,28). The quantitative estimate of drug-likeness (QED) is 0.532. The molecule has 6 nitrogen and oxygen atoms in total. The molecule has 0 fully saturated rings. The number of aryl methyl sites for hydroxylation is 1. The number of carbonyl (C=O) groups is 1. The van der Waals surface area contributed by atoms with Crippen molar-refractivity contribution in [2.45, 2.75) is 6.92 Å². The van der Waals surface area contributed by atoms with E-state index >= 15 is 0 Å². The Hall–Kier alpha value is -4.06. The van der Waals surface area contributed by atoms with Gasteiger partial charge in [-0.3, -0.25) is 4.79 Å².